The van der Waals surface area contributed by atoms with Gasteiger partial charge in [-0.15, -0.1) is 0 Å². The molecule has 120 valence electrons. The highest BCUT2D eigenvalue weighted by molar-refractivity contribution is 5.84. The molecule has 6 nitrogen and oxygen atoms in total. The Morgan fingerprint density at radius 3 is 3.13 bits per heavy atom. The van der Waals surface area contributed by atoms with E-state index in [2.05, 4.69) is 39.7 Å². The predicted octanol–water partition coefficient (Wildman–Crippen LogP) is 1.60. The standard InChI is InChI=1S/C17H20N4O2/c18-16-20-14(23-21-16)7-9-19-15(22)13-10-17(13)8-3-5-11-4-1-2-6-12(11)17/h1-2,4,6,13H,3,5,7-10H2,(H2,18,21)(H,19,22)/t13-,17-/m1/s1. The fraction of sp³-hybridized carbons (Fsp3) is 0.471. The molecule has 4 rings (SSSR count). The molecule has 0 unspecified atom stereocenters. The summed E-state index contributed by atoms with van der Waals surface area (Å²) in [6.45, 7) is 0.495. The summed E-state index contributed by atoms with van der Waals surface area (Å²) >= 11 is 0. The number of carbonyl (C=O) groups excluding carboxylic acids is 1. The van der Waals surface area contributed by atoms with E-state index < -0.39 is 0 Å². The first-order valence-electron chi connectivity index (χ1n) is 8.13. The van der Waals surface area contributed by atoms with Gasteiger partial charge < -0.3 is 15.6 Å². The zero-order valence-corrected chi connectivity index (χ0v) is 12.9. The molecule has 23 heavy (non-hydrogen) atoms. The molecule has 1 spiro atoms. The quantitative estimate of drug-likeness (QED) is 0.894. The molecule has 2 aliphatic carbocycles. The molecule has 1 saturated carbocycles. The van der Waals surface area contributed by atoms with Crippen LogP contribution in [-0.2, 0) is 23.1 Å². The number of nitrogen functional groups attached to an aromatic ring is 1. The number of amides is 1. The maximum absolute atomic E-state index is 12.5. The number of nitrogens with zero attached hydrogens (tertiary/aromatic N) is 2. The molecule has 2 aromatic rings. The highest BCUT2D eigenvalue weighted by Crippen LogP contribution is 2.60. The lowest BCUT2D eigenvalue weighted by Crippen LogP contribution is -2.31. The van der Waals surface area contributed by atoms with E-state index >= 15 is 0 Å². The number of hydrogen-bond donors (Lipinski definition) is 2. The summed E-state index contributed by atoms with van der Waals surface area (Å²) in [5, 5.41) is 6.53. The monoisotopic (exact) mass is 312 g/mol. The van der Waals surface area contributed by atoms with E-state index in [0.29, 0.717) is 18.9 Å². The Hall–Kier alpha value is -2.37. The Labute approximate surface area is 134 Å². The highest BCUT2D eigenvalue weighted by Gasteiger charge is 2.59. The van der Waals surface area contributed by atoms with Crippen LogP contribution in [0.15, 0.2) is 28.8 Å². The van der Waals surface area contributed by atoms with Crippen LogP contribution in [-0.4, -0.2) is 22.6 Å². The van der Waals surface area contributed by atoms with Crippen molar-refractivity contribution in [1.29, 1.82) is 0 Å². The first-order valence-corrected chi connectivity index (χ1v) is 8.13. The topological polar surface area (TPSA) is 94.0 Å². The van der Waals surface area contributed by atoms with Crippen molar-refractivity contribution in [2.24, 2.45) is 5.92 Å². The van der Waals surface area contributed by atoms with Gasteiger partial charge in [0.25, 0.3) is 5.95 Å². The largest absolute Gasteiger partial charge is 0.365 e. The van der Waals surface area contributed by atoms with Crippen LogP contribution in [0.4, 0.5) is 5.95 Å². The van der Waals surface area contributed by atoms with Crippen molar-refractivity contribution in [2.75, 3.05) is 12.3 Å². The maximum Gasteiger partial charge on any atom is 0.260 e. The number of anilines is 1. The summed E-state index contributed by atoms with van der Waals surface area (Å²) in [4.78, 5) is 16.4. The molecule has 1 amide bonds. The van der Waals surface area contributed by atoms with Gasteiger partial charge >= 0.3 is 0 Å². The Bertz CT molecular complexity index is 742. The zero-order valence-electron chi connectivity index (χ0n) is 12.9. The molecule has 6 heteroatoms. The third kappa shape index (κ3) is 2.48. The summed E-state index contributed by atoms with van der Waals surface area (Å²) in [7, 11) is 0. The van der Waals surface area contributed by atoms with Crippen molar-refractivity contribution >= 4 is 11.9 Å². The molecule has 2 atom stereocenters. The average Bonchev–Trinajstić information content (AvgIpc) is 3.12. The Kier molecular flexibility index (Phi) is 3.32. The summed E-state index contributed by atoms with van der Waals surface area (Å²) < 4.78 is 4.94. The molecule has 1 fully saturated rings. The van der Waals surface area contributed by atoms with Crippen LogP contribution in [0.25, 0.3) is 0 Å². The SMILES string of the molecule is Nc1noc(CCNC(=O)[C@H]2C[C@@]23CCCc2ccccc23)n1. The number of aromatic nitrogens is 2. The maximum atomic E-state index is 12.5. The molecular formula is C17H20N4O2. The van der Waals surface area contributed by atoms with Gasteiger partial charge in [-0.25, -0.2) is 0 Å². The third-order valence-corrected chi connectivity index (χ3v) is 5.14. The van der Waals surface area contributed by atoms with Gasteiger partial charge in [-0.2, -0.15) is 4.98 Å². The van der Waals surface area contributed by atoms with E-state index in [4.69, 9.17) is 10.3 Å². The Balaban J connectivity index is 1.38. The van der Waals surface area contributed by atoms with Crippen molar-refractivity contribution in [2.45, 2.75) is 37.5 Å². The van der Waals surface area contributed by atoms with Crippen LogP contribution in [0.2, 0.25) is 0 Å². The Morgan fingerprint density at radius 2 is 2.30 bits per heavy atom. The van der Waals surface area contributed by atoms with Crippen molar-refractivity contribution < 1.29 is 9.32 Å². The minimum atomic E-state index is 0.0772. The lowest BCUT2D eigenvalue weighted by Gasteiger charge is -2.26. The predicted molar refractivity (Wildman–Crippen MR) is 84.6 cm³/mol. The third-order valence-electron chi connectivity index (χ3n) is 5.14. The molecule has 3 N–H and O–H groups in total. The van der Waals surface area contributed by atoms with Crippen LogP contribution < -0.4 is 11.1 Å². The fourth-order valence-corrected chi connectivity index (χ4v) is 3.96. The van der Waals surface area contributed by atoms with Crippen molar-refractivity contribution in [3.8, 4) is 0 Å². The van der Waals surface area contributed by atoms with E-state index in [1.54, 1.807) is 0 Å². The molecule has 1 aromatic heterocycles. The zero-order chi connectivity index (χ0) is 15.9. The van der Waals surface area contributed by atoms with E-state index in [9.17, 15) is 4.79 Å². The highest BCUT2D eigenvalue weighted by atomic mass is 16.5. The fourth-order valence-electron chi connectivity index (χ4n) is 3.96. The van der Waals surface area contributed by atoms with Crippen LogP contribution >= 0.6 is 0 Å². The number of carbonyl (C=O) groups is 1. The van der Waals surface area contributed by atoms with Crippen LogP contribution in [0.1, 0.15) is 36.3 Å². The summed E-state index contributed by atoms with van der Waals surface area (Å²) in [6, 6.07) is 8.57. The number of fused-ring (bicyclic) bond motifs is 2. The van der Waals surface area contributed by atoms with E-state index in [1.807, 2.05) is 0 Å². The second-order valence-electron chi connectivity index (χ2n) is 6.51. The number of aryl methyl sites for hydroxylation is 1. The van der Waals surface area contributed by atoms with Gasteiger partial charge in [-0.1, -0.05) is 24.3 Å². The van der Waals surface area contributed by atoms with Gasteiger partial charge in [0.1, 0.15) is 0 Å². The molecule has 0 bridgehead atoms. The normalized spacial score (nSPS) is 25.1. The van der Waals surface area contributed by atoms with E-state index in [-0.39, 0.29) is 23.2 Å². The minimum absolute atomic E-state index is 0.0772. The number of hydrogen-bond acceptors (Lipinski definition) is 5. The number of nitrogens with one attached hydrogen (secondary N) is 1. The van der Waals surface area contributed by atoms with Crippen LogP contribution in [0.3, 0.4) is 0 Å². The first kappa shape index (κ1) is 14.2. The first-order chi connectivity index (χ1) is 11.2. The molecule has 0 aliphatic heterocycles. The van der Waals surface area contributed by atoms with Crippen molar-refractivity contribution in [3.63, 3.8) is 0 Å². The number of nitrogens with two attached hydrogens (primary N) is 1. The number of rotatable bonds is 4. The van der Waals surface area contributed by atoms with Gasteiger partial charge in [0.2, 0.25) is 11.8 Å². The molecule has 1 heterocycles. The lowest BCUT2D eigenvalue weighted by atomic mass is 9.78. The molecule has 1 aromatic carbocycles. The van der Waals surface area contributed by atoms with Gasteiger partial charge in [0.05, 0.1) is 0 Å². The van der Waals surface area contributed by atoms with Gasteiger partial charge in [-0.05, 0) is 42.0 Å². The molecule has 0 saturated heterocycles. The molecular weight excluding hydrogens is 292 g/mol. The Morgan fingerprint density at radius 1 is 1.43 bits per heavy atom. The summed E-state index contributed by atoms with van der Waals surface area (Å²) in [5.74, 6) is 0.813. The molecule has 0 radical (unpaired) electrons. The van der Waals surface area contributed by atoms with Gasteiger partial charge in [-0.3, -0.25) is 4.79 Å². The summed E-state index contributed by atoms with van der Waals surface area (Å²) in [5.41, 5.74) is 8.28. The molecule has 2 aliphatic rings. The average molecular weight is 312 g/mol. The van der Waals surface area contributed by atoms with Gasteiger partial charge in [0, 0.05) is 24.3 Å². The van der Waals surface area contributed by atoms with Crippen molar-refractivity contribution in [3.05, 3.63) is 41.3 Å². The second-order valence-corrected chi connectivity index (χ2v) is 6.51. The smallest absolute Gasteiger partial charge is 0.260 e. The number of benzene rings is 1. The minimum Gasteiger partial charge on any atom is -0.365 e. The van der Waals surface area contributed by atoms with Crippen LogP contribution in [0, 0.1) is 5.92 Å². The van der Waals surface area contributed by atoms with Gasteiger partial charge in [0.15, 0.2) is 0 Å². The van der Waals surface area contributed by atoms with E-state index in [1.165, 1.54) is 17.5 Å². The summed E-state index contributed by atoms with van der Waals surface area (Å²) in [6.07, 6.45) is 4.88. The van der Waals surface area contributed by atoms with Crippen molar-refractivity contribution in [1.82, 2.24) is 15.5 Å². The van der Waals surface area contributed by atoms with E-state index in [0.717, 1.165) is 19.3 Å². The second kappa shape index (κ2) is 5.37. The lowest BCUT2D eigenvalue weighted by molar-refractivity contribution is -0.122. The van der Waals surface area contributed by atoms with Crippen LogP contribution in [0.5, 0.6) is 0 Å².